The molecule has 0 bridgehead atoms. The molecular formula is C21H26N6O. The second kappa shape index (κ2) is 10.1. The van der Waals surface area contributed by atoms with E-state index in [4.69, 9.17) is 4.74 Å². The lowest BCUT2D eigenvalue weighted by molar-refractivity contribution is 0.322. The lowest BCUT2D eigenvalue weighted by Crippen LogP contribution is -2.39. The van der Waals surface area contributed by atoms with E-state index in [1.54, 1.807) is 6.33 Å². The molecule has 0 unspecified atom stereocenters. The molecule has 0 atom stereocenters. The van der Waals surface area contributed by atoms with E-state index in [9.17, 15) is 0 Å². The fourth-order valence-electron chi connectivity index (χ4n) is 2.64. The Morgan fingerprint density at radius 1 is 1.07 bits per heavy atom. The predicted molar refractivity (Wildman–Crippen MR) is 111 cm³/mol. The number of hydrogen-bond acceptors (Lipinski definition) is 4. The number of aromatic nitrogens is 3. The van der Waals surface area contributed by atoms with Gasteiger partial charge in [0, 0.05) is 12.2 Å². The van der Waals surface area contributed by atoms with Crippen molar-refractivity contribution in [3.05, 3.63) is 72.3 Å². The number of aryl methyl sites for hydroxylation is 1. The summed E-state index contributed by atoms with van der Waals surface area (Å²) in [6, 6.07) is 18.0. The molecule has 0 saturated carbocycles. The topological polar surface area (TPSA) is 76.4 Å². The van der Waals surface area contributed by atoms with Crippen LogP contribution in [-0.4, -0.2) is 40.4 Å². The molecule has 0 saturated heterocycles. The Hall–Kier alpha value is -3.35. The summed E-state index contributed by atoms with van der Waals surface area (Å²) in [5, 5.41) is 14.7. The number of guanidine groups is 1. The van der Waals surface area contributed by atoms with Crippen molar-refractivity contribution in [3.63, 3.8) is 0 Å². The van der Waals surface area contributed by atoms with Gasteiger partial charge >= 0.3 is 0 Å². The van der Waals surface area contributed by atoms with Crippen molar-refractivity contribution in [2.24, 2.45) is 4.99 Å². The van der Waals surface area contributed by atoms with Crippen LogP contribution in [0.2, 0.25) is 0 Å². The summed E-state index contributed by atoms with van der Waals surface area (Å²) in [6.07, 6.45) is 1.70. The molecule has 3 aromatic rings. The van der Waals surface area contributed by atoms with Crippen LogP contribution < -0.4 is 15.4 Å². The maximum absolute atomic E-state index is 5.75. The summed E-state index contributed by atoms with van der Waals surface area (Å²) >= 11 is 0. The first kappa shape index (κ1) is 19.4. The van der Waals surface area contributed by atoms with E-state index in [0.29, 0.717) is 19.7 Å². The van der Waals surface area contributed by atoms with Crippen molar-refractivity contribution in [2.75, 3.05) is 19.7 Å². The van der Waals surface area contributed by atoms with Crippen molar-refractivity contribution < 1.29 is 4.74 Å². The first-order valence-corrected chi connectivity index (χ1v) is 9.42. The Bertz CT molecular complexity index is 873. The molecule has 0 aliphatic rings. The van der Waals surface area contributed by atoms with Crippen LogP contribution in [0, 0.1) is 6.92 Å². The average molecular weight is 378 g/mol. The van der Waals surface area contributed by atoms with Gasteiger partial charge in [0.1, 0.15) is 25.2 Å². The van der Waals surface area contributed by atoms with Gasteiger partial charge in [-0.2, -0.15) is 0 Å². The standard InChI is InChI=1S/C21H26N6O/c1-3-22-21(23-13-14-28-19-11-9-17(2)10-12-19)24-15-20-26-25-16-27(20)18-7-5-4-6-8-18/h4-12,16H,3,13-15H2,1-2H3,(H2,22,23,24). The SMILES string of the molecule is CCNC(=NCc1nncn1-c1ccccc1)NCCOc1ccc(C)cc1. The van der Waals surface area contributed by atoms with Crippen LogP contribution in [0.15, 0.2) is 65.9 Å². The molecule has 3 rings (SSSR count). The number of para-hydroxylation sites is 1. The van der Waals surface area contributed by atoms with Crippen LogP contribution in [0.1, 0.15) is 18.3 Å². The number of nitrogens with zero attached hydrogens (tertiary/aromatic N) is 4. The van der Waals surface area contributed by atoms with E-state index in [1.165, 1.54) is 5.56 Å². The van der Waals surface area contributed by atoms with Gasteiger partial charge in [0.2, 0.25) is 0 Å². The second-order valence-corrected chi connectivity index (χ2v) is 6.24. The van der Waals surface area contributed by atoms with Crippen molar-refractivity contribution in [2.45, 2.75) is 20.4 Å². The van der Waals surface area contributed by atoms with Gasteiger partial charge in [0.15, 0.2) is 11.8 Å². The first-order valence-electron chi connectivity index (χ1n) is 9.42. The molecule has 1 aromatic heterocycles. The maximum Gasteiger partial charge on any atom is 0.191 e. The van der Waals surface area contributed by atoms with Crippen LogP contribution in [-0.2, 0) is 6.54 Å². The quantitative estimate of drug-likeness (QED) is 0.358. The molecule has 0 aliphatic heterocycles. The normalized spacial score (nSPS) is 11.3. The van der Waals surface area contributed by atoms with Crippen LogP contribution in [0.5, 0.6) is 5.75 Å². The molecule has 7 heteroatoms. The zero-order valence-electron chi connectivity index (χ0n) is 16.3. The highest BCUT2D eigenvalue weighted by Crippen LogP contribution is 2.11. The molecule has 7 nitrogen and oxygen atoms in total. The molecule has 2 aromatic carbocycles. The van der Waals surface area contributed by atoms with E-state index in [-0.39, 0.29) is 0 Å². The van der Waals surface area contributed by atoms with E-state index in [0.717, 1.165) is 29.8 Å². The van der Waals surface area contributed by atoms with Gasteiger partial charge in [-0.15, -0.1) is 10.2 Å². The molecule has 0 spiro atoms. The minimum absolute atomic E-state index is 0.420. The van der Waals surface area contributed by atoms with Gasteiger partial charge in [-0.05, 0) is 38.1 Å². The molecule has 0 amide bonds. The van der Waals surface area contributed by atoms with Gasteiger partial charge in [-0.1, -0.05) is 35.9 Å². The Labute approximate surface area is 165 Å². The average Bonchev–Trinajstić information content (AvgIpc) is 3.20. The lowest BCUT2D eigenvalue weighted by atomic mass is 10.2. The monoisotopic (exact) mass is 378 g/mol. The smallest absolute Gasteiger partial charge is 0.191 e. The third-order valence-electron chi connectivity index (χ3n) is 4.06. The van der Waals surface area contributed by atoms with Gasteiger partial charge < -0.3 is 15.4 Å². The first-order chi connectivity index (χ1) is 13.8. The number of rotatable bonds is 8. The number of ether oxygens (including phenoxy) is 1. The van der Waals surface area contributed by atoms with Gasteiger partial charge in [-0.3, -0.25) is 4.57 Å². The fourth-order valence-corrected chi connectivity index (χ4v) is 2.64. The zero-order chi connectivity index (χ0) is 19.6. The Morgan fingerprint density at radius 3 is 2.61 bits per heavy atom. The summed E-state index contributed by atoms with van der Waals surface area (Å²) in [6.45, 7) is 6.48. The van der Waals surface area contributed by atoms with Crippen LogP contribution in [0.3, 0.4) is 0 Å². The molecular weight excluding hydrogens is 352 g/mol. The van der Waals surface area contributed by atoms with Crippen molar-refractivity contribution in [1.82, 2.24) is 25.4 Å². The van der Waals surface area contributed by atoms with Crippen LogP contribution in [0.4, 0.5) is 0 Å². The number of benzene rings is 2. The molecule has 28 heavy (non-hydrogen) atoms. The maximum atomic E-state index is 5.75. The highest BCUT2D eigenvalue weighted by atomic mass is 16.5. The third-order valence-corrected chi connectivity index (χ3v) is 4.06. The van der Waals surface area contributed by atoms with Crippen molar-refractivity contribution in [3.8, 4) is 11.4 Å². The molecule has 0 aliphatic carbocycles. The van der Waals surface area contributed by atoms with E-state index < -0.39 is 0 Å². The summed E-state index contributed by atoms with van der Waals surface area (Å²) in [4.78, 5) is 4.61. The molecule has 0 fully saturated rings. The largest absolute Gasteiger partial charge is 0.492 e. The van der Waals surface area contributed by atoms with Crippen molar-refractivity contribution >= 4 is 5.96 Å². The van der Waals surface area contributed by atoms with E-state index >= 15 is 0 Å². The van der Waals surface area contributed by atoms with Gasteiger partial charge in [0.05, 0.1) is 6.54 Å². The summed E-state index contributed by atoms with van der Waals surface area (Å²) in [5.41, 5.74) is 2.23. The predicted octanol–water partition coefficient (Wildman–Crippen LogP) is 2.71. The molecule has 0 radical (unpaired) electrons. The number of nitrogens with one attached hydrogen (secondary N) is 2. The summed E-state index contributed by atoms with van der Waals surface area (Å²) in [7, 11) is 0. The van der Waals surface area contributed by atoms with E-state index in [1.807, 2.05) is 66.1 Å². The van der Waals surface area contributed by atoms with Crippen LogP contribution in [0.25, 0.3) is 5.69 Å². The molecule has 1 heterocycles. The Kier molecular flexibility index (Phi) is 7.01. The second-order valence-electron chi connectivity index (χ2n) is 6.24. The third kappa shape index (κ3) is 5.57. The number of hydrogen-bond donors (Lipinski definition) is 2. The summed E-state index contributed by atoms with van der Waals surface area (Å²) < 4.78 is 7.68. The van der Waals surface area contributed by atoms with Crippen molar-refractivity contribution in [1.29, 1.82) is 0 Å². The molecule has 2 N–H and O–H groups in total. The zero-order valence-corrected chi connectivity index (χ0v) is 16.3. The highest BCUT2D eigenvalue weighted by Gasteiger charge is 2.06. The minimum Gasteiger partial charge on any atom is -0.492 e. The van der Waals surface area contributed by atoms with Gasteiger partial charge in [0.25, 0.3) is 0 Å². The van der Waals surface area contributed by atoms with Gasteiger partial charge in [-0.25, -0.2) is 4.99 Å². The number of aliphatic imine (C=N–C) groups is 1. The Balaban J connectivity index is 1.54. The van der Waals surface area contributed by atoms with Crippen LogP contribution >= 0.6 is 0 Å². The highest BCUT2D eigenvalue weighted by molar-refractivity contribution is 5.79. The Morgan fingerprint density at radius 2 is 1.86 bits per heavy atom. The lowest BCUT2D eigenvalue weighted by Gasteiger charge is -2.12. The van der Waals surface area contributed by atoms with E-state index in [2.05, 4.69) is 32.7 Å². The minimum atomic E-state index is 0.420. The fraction of sp³-hybridized carbons (Fsp3) is 0.286. The summed E-state index contributed by atoms with van der Waals surface area (Å²) in [5.74, 6) is 2.36. The molecule has 146 valence electrons.